The van der Waals surface area contributed by atoms with Crippen molar-refractivity contribution < 1.29 is 5.11 Å². The van der Waals surface area contributed by atoms with E-state index in [1.807, 2.05) is 0 Å². The molecule has 16 heavy (non-hydrogen) atoms. The highest BCUT2D eigenvalue weighted by molar-refractivity contribution is 5.51. The van der Waals surface area contributed by atoms with Crippen molar-refractivity contribution >= 4 is 5.69 Å². The number of hydrogen-bond donors (Lipinski definition) is 2. The third kappa shape index (κ3) is 2.36. The predicted molar refractivity (Wildman–Crippen MR) is 66.5 cm³/mol. The molecule has 3 nitrogen and oxygen atoms in total. The number of aryl methyl sites for hydroxylation is 1. The van der Waals surface area contributed by atoms with Crippen LogP contribution in [0.2, 0.25) is 0 Å². The number of β-amino-alcohol motifs (C(OH)–C–C–N with tert-alkyl or cyclic N) is 1. The van der Waals surface area contributed by atoms with Crippen molar-refractivity contribution in [2.24, 2.45) is 5.73 Å². The summed E-state index contributed by atoms with van der Waals surface area (Å²) in [5, 5.41) is 9.65. The molecule has 0 radical (unpaired) electrons. The van der Waals surface area contributed by atoms with Crippen LogP contribution >= 0.6 is 0 Å². The van der Waals surface area contributed by atoms with E-state index in [0.717, 1.165) is 25.9 Å². The molecule has 0 bridgehead atoms. The first-order chi connectivity index (χ1) is 7.70. The van der Waals surface area contributed by atoms with E-state index in [4.69, 9.17) is 5.73 Å². The maximum absolute atomic E-state index is 9.65. The minimum absolute atomic E-state index is 0.178. The molecule has 3 heteroatoms. The largest absolute Gasteiger partial charge is 0.391 e. The van der Waals surface area contributed by atoms with Gasteiger partial charge in [-0.25, -0.2) is 0 Å². The van der Waals surface area contributed by atoms with Crippen LogP contribution < -0.4 is 10.6 Å². The second-order valence-electron chi connectivity index (χ2n) is 4.56. The number of benzene rings is 1. The Morgan fingerprint density at radius 1 is 1.50 bits per heavy atom. The fraction of sp³-hybridized carbons (Fsp3) is 0.538. The molecule has 1 fully saturated rings. The predicted octanol–water partition coefficient (Wildman–Crippen LogP) is 1.41. The SMILES string of the molecule is Cc1cc(N2CCCC(O)C2)ccc1CN. The number of nitrogens with zero attached hydrogens (tertiary/aromatic N) is 1. The molecule has 1 saturated heterocycles. The molecule has 0 aliphatic carbocycles. The molecule has 0 spiro atoms. The Morgan fingerprint density at radius 2 is 2.31 bits per heavy atom. The van der Waals surface area contributed by atoms with Gasteiger partial charge >= 0.3 is 0 Å². The normalized spacial score (nSPS) is 21.2. The van der Waals surface area contributed by atoms with E-state index < -0.39 is 0 Å². The number of anilines is 1. The average molecular weight is 220 g/mol. The minimum atomic E-state index is -0.178. The Hall–Kier alpha value is -1.06. The highest BCUT2D eigenvalue weighted by Gasteiger charge is 2.17. The van der Waals surface area contributed by atoms with Crippen LogP contribution in [0.5, 0.6) is 0 Å². The number of hydrogen-bond acceptors (Lipinski definition) is 3. The van der Waals surface area contributed by atoms with Gasteiger partial charge in [0.2, 0.25) is 0 Å². The molecular weight excluding hydrogens is 200 g/mol. The molecule has 88 valence electrons. The van der Waals surface area contributed by atoms with Gasteiger partial charge in [-0.1, -0.05) is 6.07 Å². The Labute approximate surface area is 96.9 Å². The monoisotopic (exact) mass is 220 g/mol. The topological polar surface area (TPSA) is 49.5 Å². The molecule has 0 aromatic heterocycles. The lowest BCUT2D eigenvalue weighted by molar-refractivity contribution is 0.154. The fourth-order valence-electron chi connectivity index (χ4n) is 2.30. The van der Waals surface area contributed by atoms with Gasteiger partial charge in [0.15, 0.2) is 0 Å². The van der Waals surface area contributed by atoms with Gasteiger partial charge in [0, 0.05) is 25.3 Å². The summed E-state index contributed by atoms with van der Waals surface area (Å²) in [6.45, 7) is 4.47. The van der Waals surface area contributed by atoms with Gasteiger partial charge in [0.05, 0.1) is 6.10 Å². The van der Waals surface area contributed by atoms with E-state index in [0.29, 0.717) is 6.54 Å². The van der Waals surface area contributed by atoms with Crippen LogP contribution in [-0.4, -0.2) is 24.3 Å². The van der Waals surface area contributed by atoms with Gasteiger partial charge in [-0.15, -0.1) is 0 Å². The van der Waals surface area contributed by atoms with E-state index in [1.54, 1.807) is 0 Å². The summed E-state index contributed by atoms with van der Waals surface area (Å²) >= 11 is 0. The first kappa shape index (κ1) is 11.4. The van der Waals surface area contributed by atoms with Crippen LogP contribution in [0.1, 0.15) is 24.0 Å². The number of nitrogens with two attached hydrogens (primary N) is 1. The van der Waals surface area contributed by atoms with E-state index in [1.165, 1.54) is 16.8 Å². The summed E-state index contributed by atoms with van der Waals surface area (Å²) < 4.78 is 0. The first-order valence-corrected chi connectivity index (χ1v) is 5.93. The fourth-order valence-corrected chi connectivity index (χ4v) is 2.30. The van der Waals surface area contributed by atoms with Gasteiger partial charge in [0.1, 0.15) is 0 Å². The molecule has 1 aliphatic rings. The lowest BCUT2D eigenvalue weighted by Gasteiger charge is -2.32. The number of piperidine rings is 1. The maximum Gasteiger partial charge on any atom is 0.0715 e. The highest BCUT2D eigenvalue weighted by Crippen LogP contribution is 2.22. The summed E-state index contributed by atoms with van der Waals surface area (Å²) in [6.07, 6.45) is 1.82. The van der Waals surface area contributed by atoms with E-state index in [9.17, 15) is 5.11 Å². The van der Waals surface area contributed by atoms with Crippen molar-refractivity contribution in [2.45, 2.75) is 32.4 Å². The Bertz CT molecular complexity index is 365. The van der Waals surface area contributed by atoms with Crippen molar-refractivity contribution in [1.29, 1.82) is 0 Å². The molecule has 3 N–H and O–H groups in total. The number of rotatable bonds is 2. The van der Waals surface area contributed by atoms with E-state index in [2.05, 4.69) is 30.0 Å². The third-order valence-corrected chi connectivity index (χ3v) is 3.31. The van der Waals surface area contributed by atoms with Crippen molar-refractivity contribution in [3.05, 3.63) is 29.3 Å². The summed E-state index contributed by atoms with van der Waals surface area (Å²) in [7, 11) is 0. The molecule has 2 rings (SSSR count). The van der Waals surface area contributed by atoms with Gasteiger partial charge in [-0.2, -0.15) is 0 Å². The average Bonchev–Trinajstić information content (AvgIpc) is 2.29. The standard InChI is InChI=1S/C13H20N2O/c1-10-7-12(5-4-11(10)8-14)15-6-2-3-13(16)9-15/h4-5,7,13,16H,2-3,6,8-9,14H2,1H3. The minimum Gasteiger partial charge on any atom is -0.391 e. The summed E-state index contributed by atoms with van der Waals surface area (Å²) in [4.78, 5) is 2.25. The zero-order chi connectivity index (χ0) is 11.5. The number of aliphatic hydroxyl groups excluding tert-OH is 1. The van der Waals surface area contributed by atoms with Crippen molar-refractivity contribution in [3.63, 3.8) is 0 Å². The van der Waals surface area contributed by atoms with Crippen LogP contribution in [0.4, 0.5) is 5.69 Å². The molecule has 1 heterocycles. The molecule has 1 aromatic rings. The van der Waals surface area contributed by atoms with Crippen LogP contribution in [0.25, 0.3) is 0 Å². The second kappa shape index (κ2) is 4.85. The lowest BCUT2D eigenvalue weighted by atomic mass is 10.0. The van der Waals surface area contributed by atoms with Crippen molar-refractivity contribution in [1.82, 2.24) is 0 Å². The Morgan fingerprint density at radius 3 is 2.94 bits per heavy atom. The van der Waals surface area contributed by atoms with Crippen LogP contribution in [0.15, 0.2) is 18.2 Å². The Balaban J connectivity index is 2.17. The molecule has 1 atom stereocenters. The van der Waals surface area contributed by atoms with Gasteiger partial charge in [-0.3, -0.25) is 0 Å². The van der Waals surface area contributed by atoms with Gasteiger partial charge in [-0.05, 0) is 43.0 Å². The van der Waals surface area contributed by atoms with Crippen LogP contribution in [-0.2, 0) is 6.54 Å². The first-order valence-electron chi connectivity index (χ1n) is 5.93. The van der Waals surface area contributed by atoms with Crippen molar-refractivity contribution in [2.75, 3.05) is 18.0 Å². The highest BCUT2D eigenvalue weighted by atomic mass is 16.3. The zero-order valence-corrected chi connectivity index (χ0v) is 9.82. The second-order valence-corrected chi connectivity index (χ2v) is 4.56. The van der Waals surface area contributed by atoms with Crippen LogP contribution in [0, 0.1) is 6.92 Å². The smallest absolute Gasteiger partial charge is 0.0715 e. The summed E-state index contributed by atoms with van der Waals surface area (Å²) in [6, 6.07) is 6.36. The molecule has 1 aromatic carbocycles. The maximum atomic E-state index is 9.65. The molecule has 1 unspecified atom stereocenters. The van der Waals surface area contributed by atoms with Crippen LogP contribution in [0.3, 0.4) is 0 Å². The number of aliphatic hydroxyl groups is 1. The zero-order valence-electron chi connectivity index (χ0n) is 9.82. The molecular formula is C13H20N2O. The van der Waals surface area contributed by atoms with E-state index in [-0.39, 0.29) is 6.10 Å². The van der Waals surface area contributed by atoms with E-state index >= 15 is 0 Å². The summed E-state index contributed by atoms with van der Waals surface area (Å²) in [5.74, 6) is 0. The molecule has 0 saturated carbocycles. The van der Waals surface area contributed by atoms with Gasteiger partial charge in [0.25, 0.3) is 0 Å². The quantitative estimate of drug-likeness (QED) is 0.792. The van der Waals surface area contributed by atoms with Crippen molar-refractivity contribution in [3.8, 4) is 0 Å². The third-order valence-electron chi connectivity index (χ3n) is 3.31. The summed E-state index contributed by atoms with van der Waals surface area (Å²) in [5.41, 5.74) is 9.28. The molecule has 1 aliphatic heterocycles. The molecule has 0 amide bonds. The lowest BCUT2D eigenvalue weighted by Crippen LogP contribution is -2.38. The van der Waals surface area contributed by atoms with Gasteiger partial charge < -0.3 is 15.7 Å². The Kier molecular flexibility index (Phi) is 3.46.